The van der Waals surface area contributed by atoms with Gasteiger partial charge in [-0.15, -0.1) is 11.6 Å². The normalized spacial score (nSPS) is 12.1. The van der Waals surface area contributed by atoms with Crippen molar-refractivity contribution in [2.75, 3.05) is 5.88 Å². The summed E-state index contributed by atoms with van der Waals surface area (Å²) >= 11 is 5.68. The van der Waals surface area contributed by atoms with Crippen LogP contribution in [0.2, 0.25) is 0 Å². The molecule has 25 heavy (non-hydrogen) atoms. The second-order valence-electron chi connectivity index (χ2n) is 6.67. The monoisotopic (exact) mass is 368 g/mol. The van der Waals surface area contributed by atoms with Crippen molar-refractivity contribution >= 4 is 17.6 Å². The number of halogens is 1. The lowest BCUT2D eigenvalue weighted by atomic mass is 10.0. The molecule has 1 unspecified atom stereocenters. The van der Waals surface area contributed by atoms with Crippen molar-refractivity contribution in [2.24, 2.45) is 0 Å². The largest absolute Gasteiger partial charge is 0.490 e. The van der Waals surface area contributed by atoms with Crippen LogP contribution in [-0.4, -0.2) is 23.1 Å². The second-order valence-corrected chi connectivity index (χ2v) is 7.05. The van der Waals surface area contributed by atoms with Crippen LogP contribution in [0.25, 0.3) is 0 Å². The first-order valence-corrected chi connectivity index (χ1v) is 10.3. The Morgan fingerprint density at radius 3 is 2.28 bits per heavy atom. The number of rotatable bonds is 15. The molecule has 1 aromatic carbocycles. The first-order valence-electron chi connectivity index (χ1n) is 9.73. The van der Waals surface area contributed by atoms with Gasteiger partial charge in [-0.25, -0.2) is 4.79 Å². The van der Waals surface area contributed by atoms with Crippen molar-refractivity contribution in [3.63, 3.8) is 0 Å². The zero-order chi connectivity index (χ0) is 18.3. The van der Waals surface area contributed by atoms with Gasteiger partial charge in [-0.1, -0.05) is 57.9 Å². The van der Waals surface area contributed by atoms with Gasteiger partial charge >= 0.3 is 5.97 Å². The highest BCUT2D eigenvalue weighted by atomic mass is 35.5. The number of alkyl halides is 1. The molecule has 0 saturated carbocycles. The van der Waals surface area contributed by atoms with Crippen LogP contribution in [-0.2, 0) is 0 Å². The van der Waals surface area contributed by atoms with Gasteiger partial charge in [-0.3, -0.25) is 0 Å². The van der Waals surface area contributed by atoms with Crippen LogP contribution in [0, 0.1) is 0 Å². The molecule has 0 aliphatic carbocycles. The van der Waals surface area contributed by atoms with Gasteiger partial charge < -0.3 is 9.84 Å². The number of aromatic carboxylic acids is 1. The Morgan fingerprint density at radius 2 is 1.68 bits per heavy atom. The first kappa shape index (κ1) is 21.8. The summed E-state index contributed by atoms with van der Waals surface area (Å²) in [6, 6.07) is 6.80. The average molecular weight is 369 g/mol. The molecular weight excluding hydrogens is 336 g/mol. The number of ether oxygens (including phenoxy) is 1. The fraction of sp³-hybridized carbons (Fsp3) is 0.667. The van der Waals surface area contributed by atoms with Crippen molar-refractivity contribution in [3.8, 4) is 5.75 Å². The van der Waals surface area contributed by atoms with Gasteiger partial charge in [-0.05, 0) is 43.9 Å². The highest BCUT2D eigenvalue weighted by Crippen LogP contribution is 2.20. The molecule has 0 bridgehead atoms. The summed E-state index contributed by atoms with van der Waals surface area (Å²) in [5, 5.41) is 9.08. The van der Waals surface area contributed by atoms with Gasteiger partial charge in [0.2, 0.25) is 0 Å². The van der Waals surface area contributed by atoms with Crippen LogP contribution >= 0.6 is 11.6 Å². The number of carboxylic acids is 1. The van der Waals surface area contributed by atoms with E-state index in [0.29, 0.717) is 5.75 Å². The maximum absolute atomic E-state index is 11.1. The average Bonchev–Trinajstić information content (AvgIpc) is 2.60. The Bertz CT molecular complexity index is 476. The van der Waals surface area contributed by atoms with Crippen molar-refractivity contribution < 1.29 is 14.6 Å². The maximum atomic E-state index is 11.1. The van der Waals surface area contributed by atoms with Crippen LogP contribution in [0.3, 0.4) is 0 Å². The molecule has 142 valence electrons. The van der Waals surface area contributed by atoms with E-state index in [2.05, 4.69) is 6.92 Å². The van der Waals surface area contributed by atoms with Gasteiger partial charge in [-0.2, -0.15) is 0 Å². The summed E-state index contributed by atoms with van der Waals surface area (Å²) < 4.78 is 6.04. The van der Waals surface area contributed by atoms with E-state index < -0.39 is 5.97 Å². The SMILES string of the molecule is CCCC(CCCCCCCCCCCl)Oc1cccc(C(=O)O)c1. The van der Waals surface area contributed by atoms with E-state index in [1.165, 1.54) is 44.9 Å². The van der Waals surface area contributed by atoms with Crippen LogP contribution in [0.15, 0.2) is 24.3 Å². The minimum atomic E-state index is -0.913. The fourth-order valence-electron chi connectivity index (χ4n) is 3.01. The number of unbranched alkanes of at least 4 members (excludes halogenated alkanes) is 7. The molecular formula is C21H33ClO3. The predicted molar refractivity (Wildman–Crippen MR) is 105 cm³/mol. The molecule has 0 amide bonds. The van der Waals surface area contributed by atoms with E-state index in [1.54, 1.807) is 18.2 Å². The molecule has 0 spiro atoms. The summed E-state index contributed by atoms with van der Waals surface area (Å²) in [6.07, 6.45) is 13.3. The molecule has 1 rings (SSSR count). The second kappa shape index (κ2) is 14.0. The molecule has 0 aliphatic heterocycles. The van der Waals surface area contributed by atoms with E-state index in [0.717, 1.165) is 31.6 Å². The highest BCUT2D eigenvalue weighted by molar-refractivity contribution is 6.17. The zero-order valence-corrected chi connectivity index (χ0v) is 16.3. The fourth-order valence-corrected chi connectivity index (χ4v) is 3.20. The summed E-state index contributed by atoms with van der Waals surface area (Å²) in [5.41, 5.74) is 0.280. The molecule has 4 heteroatoms. The Hall–Kier alpha value is -1.22. The lowest BCUT2D eigenvalue weighted by molar-refractivity contribution is 0.0695. The van der Waals surface area contributed by atoms with E-state index >= 15 is 0 Å². The van der Waals surface area contributed by atoms with E-state index in [-0.39, 0.29) is 11.7 Å². The molecule has 0 fully saturated rings. The Kier molecular flexibility index (Phi) is 12.2. The molecule has 3 nitrogen and oxygen atoms in total. The third-order valence-corrected chi connectivity index (χ3v) is 4.67. The van der Waals surface area contributed by atoms with Crippen molar-refractivity contribution in [1.82, 2.24) is 0 Å². The lowest BCUT2D eigenvalue weighted by Gasteiger charge is -2.19. The summed E-state index contributed by atoms with van der Waals surface area (Å²) in [4.78, 5) is 11.1. The van der Waals surface area contributed by atoms with Gasteiger partial charge in [0.05, 0.1) is 11.7 Å². The third-order valence-electron chi connectivity index (χ3n) is 4.40. The molecule has 0 radical (unpaired) electrons. The third kappa shape index (κ3) is 10.4. The van der Waals surface area contributed by atoms with Gasteiger partial charge in [0.15, 0.2) is 0 Å². The highest BCUT2D eigenvalue weighted by Gasteiger charge is 2.11. The van der Waals surface area contributed by atoms with Crippen molar-refractivity contribution in [2.45, 2.75) is 83.7 Å². The number of hydrogen-bond acceptors (Lipinski definition) is 2. The number of benzene rings is 1. The van der Waals surface area contributed by atoms with E-state index in [4.69, 9.17) is 21.4 Å². The van der Waals surface area contributed by atoms with Gasteiger partial charge in [0.25, 0.3) is 0 Å². The summed E-state index contributed by atoms with van der Waals surface area (Å²) in [7, 11) is 0. The number of hydrogen-bond donors (Lipinski definition) is 1. The zero-order valence-electron chi connectivity index (χ0n) is 15.5. The Labute approximate surface area is 157 Å². The smallest absolute Gasteiger partial charge is 0.335 e. The van der Waals surface area contributed by atoms with Gasteiger partial charge in [0.1, 0.15) is 5.75 Å². The van der Waals surface area contributed by atoms with Crippen LogP contribution in [0.5, 0.6) is 5.75 Å². The van der Waals surface area contributed by atoms with Crippen molar-refractivity contribution in [1.29, 1.82) is 0 Å². The molecule has 0 heterocycles. The number of carboxylic acid groups (broad SMARTS) is 1. The summed E-state index contributed by atoms with van der Waals surface area (Å²) in [6.45, 7) is 2.16. The maximum Gasteiger partial charge on any atom is 0.335 e. The van der Waals surface area contributed by atoms with Crippen molar-refractivity contribution in [3.05, 3.63) is 29.8 Å². The summed E-state index contributed by atoms with van der Waals surface area (Å²) in [5.74, 6) is 0.537. The Morgan fingerprint density at radius 1 is 1.04 bits per heavy atom. The minimum Gasteiger partial charge on any atom is -0.490 e. The van der Waals surface area contributed by atoms with Gasteiger partial charge in [0, 0.05) is 5.88 Å². The molecule has 1 aromatic rings. The molecule has 0 aliphatic rings. The molecule has 1 N–H and O–H groups in total. The molecule has 0 aromatic heterocycles. The Balaban J connectivity index is 2.25. The van der Waals surface area contributed by atoms with Crippen LogP contribution in [0.4, 0.5) is 0 Å². The standard InChI is InChI=1S/C21H33ClO3/c1-2-12-19(14-9-7-5-3-4-6-8-10-16-22)25-20-15-11-13-18(17-20)21(23)24/h11,13,15,17,19H,2-10,12,14,16H2,1H3,(H,23,24). The quantitative estimate of drug-likeness (QED) is 0.277. The van der Waals surface area contributed by atoms with E-state index in [1.807, 2.05) is 6.07 Å². The number of carbonyl (C=O) groups is 1. The van der Waals surface area contributed by atoms with E-state index in [9.17, 15) is 4.79 Å². The predicted octanol–water partition coefficient (Wildman–Crippen LogP) is 6.68. The van der Waals surface area contributed by atoms with Crippen LogP contribution < -0.4 is 4.74 Å². The van der Waals surface area contributed by atoms with Crippen LogP contribution in [0.1, 0.15) is 87.9 Å². The first-order chi connectivity index (χ1) is 12.2. The molecule has 0 saturated heterocycles. The topological polar surface area (TPSA) is 46.5 Å². The molecule has 1 atom stereocenters. The minimum absolute atomic E-state index is 0.178. The lowest BCUT2D eigenvalue weighted by Crippen LogP contribution is -2.16.